The van der Waals surface area contributed by atoms with E-state index in [9.17, 15) is 4.79 Å². The molecule has 2 aliphatic rings. The van der Waals surface area contributed by atoms with Gasteiger partial charge >= 0.3 is 5.97 Å². The van der Waals surface area contributed by atoms with E-state index in [2.05, 4.69) is 10.6 Å². The number of rotatable bonds is 1. The minimum absolute atomic E-state index is 0. The molecule has 0 aromatic carbocycles. The normalized spacial score (nSPS) is 36.8. The first-order valence-electron chi connectivity index (χ1n) is 3.45. The molecule has 2 rings (SSSR count). The highest BCUT2D eigenvalue weighted by Crippen LogP contribution is 2.25. The summed E-state index contributed by atoms with van der Waals surface area (Å²) in [5.41, 5.74) is -0.634. The summed E-state index contributed by atoms with van der Waals surface area (Å²) < 4.78 is 0. The number of aliphatic carboxylic acids is 1. The molecule has 2 saturated heterocycles. The molecule has 0 amide bonds. The first kappa shape index (κ1) is 12.0. The Morgan fingerprint density at radius 3 is 2.33 bits per heavy atom. The maximum Gasteiger partial charge on any atom is 0.325 e. The standard InChI is InChI=1S/C6H10N2O2.2ClH/c9-5(10)6-1-4(2-8-6)7-3-6;;/h4,7-8H,1-3H2,(H,9,10);2*1H. The molecule has 72 valence electrons. The van der Waals surface area contributed by atoms with Gasteiger partial charge in [0, 0.05) is 19.1 Å². The Kier molecular flexibility index (Phi) is 3.78. The van der Waals surface area contributed by atoms with E-state index in [1.165, 1.54) is 0 Å². The van der Waals surface area contributed by atoms with Gasteiger partial charge < -0.3 is 10.4 Å². The van der Waals surface area contributed by atoms with E-state index in [4.69, 9.17) is 5.11 Å². The van der Waals surface area contributed by atoms with Crippen molar-refractivity contribution in [1.82, 2.24) is 10.6 Å². The quantitative estimate of drug-likeness (QED) is 0.558. The molecule has 2 aliphatic heterocycles. The van der Waals surface area contributed by atoms with Crippen molar-refractivity contribution in [3.05, 3.63) is 0 Å². The summed E-state index contributed by atoms with van der Waals surface area (Å²) in [5, 5.41) is 14.9. The van der Waals surface area contributed by atoms with E-state index < -0.39 is 11.5 Å². The second kappa shape index (κ2) is 3.79. The van der Waals surface area contributed by atoms with Crippen LogP contribution in [-0.4, -0.2) is 35.7 Å². The van der Waals surface area contributed by atoms with Gasteiger partial charge in [-0.25, -0.2) is 0 Å². The average molecular weight is 215 g/mol. The molecule has 4 nitrogen and oxygen atoms in total. The van der Waals surface area contributed by atoms with Crippen molar-refractivity contribution in [2.45, 2.75) is 18.0 Å². The molecule has 2 atom stereocenters. The van der Waals surface area contributed by atoms with Crippen LogP contribution < -0.4 is 10.6 Å². The molecule has 0 aliphatic carbocycles. The lowest BCUT2D eigenvalue weighted by molar-refractivity contribution is -0.143. The number of fused-ring (bicyclic) bond motifs is 2. The van der Waals surface area contributed by atoms with Crippen LogP contribution in [0.4, 0.5) is 0 Å². The van der Waals surface area contributed by atoms with E-state index in [1.807, 2.05) is 0 Å². The summed E-state index contributed by atoms with van der Waals surface area (Å²) in [4.78, 5) is 10.7. The molecule has 0 aromatic heterocycles. The predicted octanol–water partition coefficient (Wildman–Crippen LogP) is -0.382. The molecule has 12 heavy (non-hydrogen) atoms. The highest BCUT2D eigenvalue weighted by Gasteiger charge is 2.50. The van der Waals surface area contributed by atoms with Gasteiger partial charge in [0.15, 0.2) is 0 Å². The highest BCUT2D eigenvalue weighted by atomic mass is 35.5. The van der Waals surface area contributed by atoms with Crippen molar-refractivity contribution < 1.29 is 9.90 Å². The van der Waals surface area contributed by atoms with E-state index in [1.54, 1.807) is 0 Å². The Bertz CT molecular complexity index is 180. The Morgan fingerprint density at radius 1 is 1.50 bits per heavy atom. The van der Waals surface area contributed by atoms with Crippen LogP contribution >= 0.6 is 24.8 Å². The number of nitrogens with one attached hydrogen (secondary N) is 2. The van der Waals surface area contributed by atoms with Crippen LogP contribution in [0.2, 0.25) is 0 Å². The summed E-state index contributed by atoms with van der Waals surface area (Å²) >= 11 is 0. The van der Waals surface area contributed by atoms with Gasteiger partial charge in [0.2, 0.25) is 0 Å². The van der Waals surface area contributed by atoms with E-state index >= 15 is 0 Å². The minimum atomic E-state index is -0.722. The average Bonchev–Trinajstić information content (AvgIpc) is 2.45. The van der Waals surface area contributed by atoms with Crippen LogP contribution in [0.15, 0.2) is 0 Å². The topological polar surface area (TPSA) is 61.4 Å². The molecule has 2 fully saturated rings. The van der Waals surface area contributed by atoms with Gasteiger partial charge in [-0.15, -0.1) is 24.8 Å². The Hall–Kier alpha value is -0.0300. The Balaban J connectivity index is 0.000000605. The fraction of sp³-hybridized carbons (Fsp3) is 0.833. The third-order valence-electron chi connectivity index (χ3n) is 2.38. The first-order valence-corrected chi connectivity index (χ1v) is 3.45. The molecule has 3 N–H and O–H groups in total. The smallest absolute Gasteiger partial charge is 0.325 e. The van der Waals surface area contributed by atoms with E-state index in [0.717, 1.165) is 13.0 Å². The molecular formula is C6H12Cl2N2O2. The maximum absolute atomic E-state index is 10.7. The third-order valence-corrected chi connectivity index (χ3v) is 2.38. The van der Waals surface area contributed by atoms with E-state index in [0.29, 0.717) is 12.6 Å². The van der Waals surface area contributed by atoms with Gasteiger partial charge in [-0.05, 0) is 6.42 Å². The predicted molar refractivity (Wildman–Crippen MR) is 49.3 cm³/mol. The number of hydrogen-bond acceptors (Lipinski definition) is 3. The fourth-order valence-corrected chi connectivity index (χ4v) is 1.72. The summed E-state index contributed by atoms with van der Waals surface area (Å²) in [7, 11) is 0. The molecule has 0 radical (unpaired) electrons. The summed E-state index contributed by atoms with van der Waals surface area (Å²) in [6.45, 7) is 1.37. The highest BCUT2D eigenvalue weighted by molar-refractivity contribution is 5.85. The zero-order valence-electron chi connectivity index (χ0n) is 6.37. The summed E-state index contributed by atoms with van der Waals surface area (Å²) in [6.07, 6.45) is 0.738. The number of hydrogen-bond donors (Lipinski definition) is 3. The SMILES string of the molecule is Cl.Cl.O=C(O)C12CNC(CN1)C2. The molecule has 2 unspecified atom stereocenters. The van der Waals surface area contributed by atoms with Gasteiger partial charge in [0.1, 0.15) is 5.54 Å². The first-order chi connectivity index (χ1) is 4.73. The van der Waals surface area contributed by atoms with Crippen molar-refractivity contribution in [3.63, 3.8) is 0 Å². The lowest BCUT2D eigenvalue weighted by Gasteiger charge is -2.22. The second-order valence-corrected chi connectivity index (χ2v) is 3.05. The van der Waals surface area contributed by atoms with Gasteiger partial charge in [-0.2, -0.15) is 0 Å². The Labute approximate surface area is 82.9 Å². The zero-order chi connectivity index (χ0) is 7.19. The molecule has 2 heterocycles. The summed E-state index contributed by atoms with van der Waals surface area (Å²) in [6, 6.07) is 0.385. The van der Waals surface area contributed by atoms with Crippen LogP contribution in [0.1, 0.15) is 6.42 Å². The number of carbonyl (C=O) groups is 1. The molecule has 6 heteroatoms. The number of carboxylic acid groups (broad SMARTS) is 1. The van der Waals surface area contributed by atoms with Gasteiger partial charge in [0.05, 0.1) is 0 Å². The van der Waals surface area contributed by atoms with Crippen LogP contribution in [0.5, 0.6) is 0 Å². The lowest BCUT2D eigenvalue weighted by atomic mass is 10.0. The van der Waals surface area contributed by atoms with E-state index in [-0.39, 0.29) is 24.8 Å². The Morgan fingerprint density at radius 2 is 2.17 bits per heavy atom. The van der Waals surface area contributed by atoms with Gasteiger partial charge in [-0.3, -0.25) is 10.1 Å². The fourth-order valence-electron chi connectivity index (χ4n) is 1.72. The van der Waals surface area contributed by atoms with Gasteiger partial charge in [-0.1, -0.05) is 0 Å². The molecule has 0 spiro atoms. The van der Waals surface area contributed by atoms with Crippen molar-refractivity contribution in [1.29, 1.82) is 0 Å². The van der Waals surface area contributed by atoms with Crippen LogP contribution in [0, 0.1) is 0 Å². The van der Waals surface area contributed by atoms with Crippen LogP contribution in [0.25, 0.3) is 0 Å². The molecule has 2 bridgehead atoms. The maximum atomic E-state index is 10.7. The monoisotopic (exact) mass is 214 g/mol. The van der Waals surface area contributed by atoms with Crippen molar-refractivity contribution in [2.24, 2.45) is 0 Å². The summed E-state index contributed by atoms with van der Waals surface area (Å²) in [5.74, 6) is -0.722. The van der Waals surface area contributed by atoms with Crippen molar-refractivity contribution in [2.75, 3.05) is 13.1 Å². The third kappa shape index (κ3) is 1.52. The van der Waals surface area contributed by atoms with Crippen molar-refractivity contribution >= 4 is 30.8 Å². The lowest BCUT2D eigenvalue weighted by Crippen LogP contribution is -2.54. The largest absolute Gasteiger partial charge is 0.480 e. The number of carboxylic acids is 1. The second-order valence-electron chi connectivity index (χ2n) is 3.05. The number of halogens is 2. The number of piperazine rings is 1. The molecular weight excluding hydrogens is 203 g/mol. The van der Waals surface area contributed by atoms with Crippen molar-refractivity contribution in [3.8, 4) is 0 Å². The zero-order valence-corrected chi connectivity index (χ0v) is 8.00. The molecule has 0 saturated carbocycles. The minimum Gasteiger partial charge on any atom is -0.480 e. The molecule has 0 aromatic rings. The van der Waals surface area contributed by atoms with Gasteiger partial charge in [0.25, 0.3) is 0 Å². The van der Waals surface area contributed by atoms with Crippen LogP contribution in [-0.2, 0) is 4.79 Å². The van der Waals surface area contributed by atoms with Crippen LogP contribution in [0.3, 0.4) is 0 Å².